The Morgan fingerprint density at radius 3 is 2.24 bits per heavy atom. The lowest BCUT2D eigenvalue weighted by atomic mass is 9.90. The molecular weight excluding hydrogens is 238 g/mol. The highest BCUT2D eigenvalue weighted by Crippen LogP contribution is 2.29. The van der Waals surface area contributed by atoms with Crippen molar-refractivity contribution in [3.05, 3.63) is 0 Å². The monoisotopic (exact) mass is 261 g/mol. The molecule has 0 spiro atoms. The molecule has 17 heavy (non-hydrogen) atoms. The first-order chi connectivity index (χ1) is 7.77. The average Bonchev–Trinajstić information content (AvgIpc) is 2.25. The third-order valence-electron chi connectivity index (χ3n) is 3.76. The van der Waals surface area contributed by atoms with Gasteiger partial charge < -0.3 is 4.74 Å². The minimum absolute atomic E-state index is 0.00771. The number of piperidine rings is 1. The van der Waals surface area contributed by atoms with Crippen LogP contribution in [0.3, 0.4) is 0 Å². The Morgan fingerprint density at radius 1 is 1.35 bits per heavy atom. The highest BCUT2D eigenvalue weighted by molar-refractivity contribution is 6.13. The van der Waals surface area contributed by atoms with Gasteiger partial charge in [0.1, 0.15) is 6.10 Å². The van der Waals surface area contributed by atoms with Gasteiger partial charge in [-0.2, -0.15) is 0 Å². The first-order valence-corrected chi connectivity index (χ1v) is 6.77. The molecule has 2 atom stereocenters. The summed E-state index contributed by atoms with van der Waals surface area (Å²) in [6, 6.07) is 0.505. The highest BCUT2D eigenvalue weighted by atomic mass is 35.5. The van der Waals surface area contributed by atoms with E-state index in [-0.39, 0.29) is 29.6 Å². The van der Waals surface area contributed by atoms with Gasteiger partial charge in [-0.15, -0.1) is 0 Å². The van der Waals surface area contributed by atoms with Crippen molar-refractivity contribution in [2.24, 2.45) is 5.41 Å². The zero-order valence-electron chi connectivity index (χ0n) is 11.5. The van der Waals surface area contributed by atoms with Crippen molar-refractivity contribution >= 4 is 17.7 Å². The fourth-order valence-corrected chi connectivity index (χ4v) is 2.20. The van der Waals surface area contributed by atoms with Crippen LogP contribution < -0.4 is 0 Å². The molecular formula is C13H24ClNO2. The van der Waals surface area contributed by atoms with E-state index in [0.717, 1.165) is 19.3 Å². The zero-order chi connectivity index (χ0) is 13.2. The highest BCUT2D eigenvalue weighted by Gasteiger charge is 2.35. The zero-order valence-corrected chi connectivity index (χ0v) is 12.3. The molecule has 1 fully saturated rings. The third-order valence-corrected chi connectivity index (χ3v) is 4.43. The van der Waals surface area contributed by atoms with Crippen molar-refractivity contribution in [3.63, 3.8) is 0 Å². The van der Waals surface area contributed by atoms with Crippen LogP contribution in [0.1, 0.15) is 53.9 Å². The van der Waals surface area contributed by atoms with E-state index in [1.54, 1.807) is 0 Å². The summed E-state index contributed by atoms with van der Waals surface area (Å²) in [5, 5.41) is 0. The topological polar surface area (TPSA) is 29.5 Å². The summed E-state index contributed by atoms with van der Waals surface area (Å²) >= 11 is 6.13. The average molecular weight is 262 g/mol. The number of carbonyl (C=O) groups excluding carboxylic acids is 1. The van der Waals surface area contributed by atoms with Crippen LogP contribution in [0.15, 0.2) is 0 Å². The third kappa shape index (κ3) is 3.59. The summed E-state index contributed by atoms with van der Waals surface area (Å²) in [6.07, 6.45) is 2.44. The second-order valence-electron chi connectivity index (χ2n) is 5.78. The van der Waals surface area contributed by atoms with Crippen molar-refractivity contribution in [3.8, 4) is 0 Å². The van der Waals surface area contributed by atoms with Crippen LogP contribution in [0.4, 0.5) is 0 Å². The van der Waals surface area contributed by atoms with Crippen molar-refractivity contribution in [2.45, 2.75) is 72.1 Å². The maximum Gasteiger partial charge on any atom is 0.311 e. The molecule has 0 aromatic carbocycles. The molecule has 4 heteroatoms. The van der Waals surface area contributed by atoms with Gasteiger partial charge in [0, 0.05) is 24.9 Å². The van der Waals surface area contributed by atoms with Crippen LogP contribution in [0.25, 0.3) is 0 Å². The Labute approximate surface area is 110 Å². The van der Waals surface area contributed by atoms with Crippen LogP contribution in [-0.4, -0.2) is 28.6 Å². The van der Waals surface area contributed by atoms with Crippen molar-refractivity contribution in [1.29, 1.82) is 0 Å². The van der Waals surface area contributed by atoms with E-state index in [1.165, 1.54) is 0 Å². The summed E-state index contributed by atoms with van der Waals surface area (Å²) in [5.41, 5.74) is -0.384. The van der Waals surface area contributed by atoms with Gasteiger partial charge in [0.05, 0.1) is 5.41 Å². The summed E-state index contributed by atoms with van der Waals surface area (Å²) in [4.78, 5) is 12.0. The standard InChI is InChI=1S/C13H24ClNO2/c1-6-13(4,5)12(16)17-11-7-9(2)15(14)10(3)8-11/h9-11H,6-8H2,1-5H3. The molecule has 1 aliphatic heterocycles. The maximum absolute atomic E-state index is 12.0. The van der Waals surface area contributed by atoms with Crippen molar-refractivity contribution in [1.82, 2.24) is 4.42 Å². The molecule has 1 saturated heterocycles. The number of rotatable bonds is 3. The largest absolute Gasteiger partial charge is 0.462 e. The van der Waals surface area contributed by atoms with E-state index < -0.39 is 0 Å². The number of hydrogen-bond acceptors (Lipinski definition) is 3. The molecule has 1 rings (SSSR count). The molecule has 0 aromatic heterocycles. The normalized spacial score (nSPS) is 31.3. The van der Waals surface area contributed by atoms with Crippen molar-refractivity contribution in [2.75, 3.05) is 0 Å². The summed E-state index contributed by atoms with van der Waals surface area (Å²) in [7, 11) is 0. The Bertz CT molecular complexity index is 269. The smallest absolute Gasteiger partial charge is 0.311 e. The SMILES string of the molecule is CCC(C)(C)C(=O)OC1CC(C)N(Cl)C(C)C1. The second-order valence-corrected chi connectivity index (χ2v) is 6.17. The van der Waals surface area contributed by atoms with Crippen LogP contribution in [-0.2, 0) is 9.53 Å². The van der Waals surface area contributed by atoms with E-state index in [2.05, 4.69) is 13.8 Å². The summed E-state index contributed by atoms with van der Waals surface area (Å²) in [6.45, 7) is 9.99. The minimum atomic E-state index is -0.384. The van der Waals surface area contributed by atoms with Crippen LogP contribution in [0, 0.1) is 5.41 Å². The first kappa shape index (κ1) is 14.8. The summed E-state index contributed by atoms with van der Waals surface area (Å²) in [5.74, 6) is -0.0903. The van der Waals surface area contributed by atoms with Gasteiger partial charge in [0.25, 0.3) is 0 Å². The number of esters is 1. The second kappa shape index (κ2) is 5.57. The molecule has 0 aromatic rings. The lowest BCUT2D eigenvalue weighted by molar-refractivity contribution is -0.163. The van der Waals surface area contributed by atoms with E-state index in [9.17, 15) is 4.79 Å². The molecule has 2 unspecified atom stereocenters. The van der Waals surface area contributed by atoms with Crippen LogP contribution in [0.5, 0.6) is 0 Å². The van der Waals surface area contributed by atoms with E-state index >= 15 is 0 Å². The van der Waals surface area contributed by atoms with Crippen LogP contribution in [0.2, 0.25) is 0 Å². The molecule has 0 N–H and O–H groups in total. The number of nitrogens with zero attached hydrogens (tertiary/aromatic N) is 1. The van der Waals surface area contributed by atoms with E-state index in [1.807, 2.05) is 25.2 Å². The van der Waals surface area contributed by atoms with Gasteiger partial charge in [-0.05, 0) is 45.9 Å². The molecule has 0 saturated carbocycles. The quantitative estimate of drug-likeness (QED) is 0.576. The predicted octanol–water partition coefficient (Wildman–Crippen LogP) is 3.36. The van der Waals surface area contributed by atoms with Gasteiger partial charge >= 0.3 is 5.97 Å². The fourth-order valence-electron chi connectivity index (χ4n) is 2.04. The minimum Gasteiger partial charge on any atom is -0.462 e. The lowest BCUT2D eigenvalue weighted by Gasteiger charge is -2.38. The Hall–Kier alpha value is -0.280. The number of carbonyl (C=O) groups is 1. The Kier molecular flexibility index (Phi) is 4.85. The molecule has 100 valence electrons. The van der Waals surface area contributed by atoms with Gasteiger partial charge in [-0.3, -0.25) is 4.79 Å². The van der Waals surface area contributed by atoms with E-state index in [4.69, 9.17) is 16.5 Å². The number of hydrogen-bond donors (Lipinski definition) is 0. The van der Waals surface area contributed by atoms with E-state index in [0.29, 0.717) is 0 Å². The number of halogens is 1. The molecule has 0 amide bonds. The first-order valence-electron chi connectivity index (χ1n) is 6.43. The Morgan fingerprint density at radius 2 is 1.82 bits per heavy atom. The van der Waals surface area contributed by atoms with Gasteiger partial charge in [-0.1, -0.05) is 6.92 Å². The molecule has 0 aliphatic carbocycles. The van der Waals surface area contributed by atoms with Crippen LogP contribution >= 0.6 is 11.8 Å². The maximum atomic E-state index is 12.0. The fraction of sp³-hybridized carbons (Fsp3) is 0.923. The summed E-state index contributed by atoms with van der Waals surface area (Å²) < 4.78 is 7.44. The molecule has 1 aliphatic rings. The number of ether oxygens (including phenoxy) is 1. The molecule has 3 nitrogen and oxygen atoms in total. The van der Waals surface area contributed by atoms with Gasteiger partial charge in [0.2, 0.25) is 0 Å². The van der Waals surface area contributed by atoms with Gasteiger partial charge in [-0.25, -0.2) is 4.42 Å². The molecule has 1 heterocycles. The molecule has 0 bridgehead atoms. The van der Waals surface area contributed by atoms with Gasteiger partial charge in [0.15, 0.2) is 0 Å². The Balaban J connectivity index is 2.56. The molecule has 0 radical (unpaired) electrons. The van der Waals surface area contributed by atoms with Crippen molar-refractivity contribution < 1.29 is 9.53 Å². The predicted molar refractivity (Wildman–Crippen MR) is 69.8 cm³/mol. The lowest BCUT2D eigenvalue weighted by Crippen LogP contribution is -2.45.